The molecule has 3 saturated heterocycles. The van der Waals surface area contributed by atoms with Crippen LogP contribution in [0.25, 0.3) is 0 Å². The van der Waals surface area contributed by atoms with E-state index in [-0.39, 0.29) is 36.8 Å². The van der Waals surface area contributed by atoms with E-state index in [9.17, 15) is 0 Å². The van der Waals surface area contributed by atoms with Gasteiger partial charge in [-0.15, -0.1) is 0 Å². The monoisotopic (exact) mass is 382 g/mol. The highest BCUT2D eigenvalue weighted by Gasteiger charge is 2.61. The van der Waals surface area contributed by atoms with Gasteiger partial charge in [0.1, 0.15) is 24.4 Å². The first-order chi connectivity index (χ1) is 13.1. The molecule has 2 aliphatic carbocycles. The van der Waals surface area contributed by atoms with Crippen LogP contribution >= 0.6 is 0 Å². The third-order valence-electron chi connectivity index (χ3n) is 6.79. The van der Waals surface area contributed by atoms with E-state index in [4.69, 9.17) is 28.4 Å². The number of fused-ring (bicyclic) bond motifs is 1. The SMILES string of the molecule is CC(C)O[C@H]1[C@H]([C@@H]2COC3(CCCCC3)O2)O[C@H]2OC3(CCCCC3)O[C@@H]21. The van der Waals surface area contributed by atoms with Gasteiger partial charge in [-0.1, -0.05) is 12.8 Å². The van der Waals surface area contributed by atoms with Crippen LogP contribution in [0.1, 0.15) is 78.1 Å². The van der Waals surface area contributed by atoms with Crippen LogP contribution < -0.4 is 0 Å². The lowest BCUT2D eigenvalue weighted by molar-refractivity contribution is -0.264. The van der Waals surface area contributed by atoms with E-state index < -0.39 is 11.6 Å². The van der Waals surface area contributed by atoms with Crippen LogP contribution in [0.5, 0.6) is 0 Å². The predicted octanol–water partition coefficient (Wildman–Crippen LogP) is 3.66. The number of rotatable bonds is 3. The fourth-order valence-electron chi connectivity index (χ4n) is 5.54. The van der Waals surface area contributed by atoms with Crippen molar-refractivity contribution in [2.45, 2.75) is 126 Å². The van der Waals surface area contributed by atoms with Crippen molar-refractivity contribution in [3.05, 3.63) is 0 Å². The fraction of sp³-hybridized carbons (Fsp3) is 1.00. The van der Waals surface area contributed by atoms with Crippen LogP contribution in [-0.2, 0) is 28.4 Å². The number of hydrogen-bond acceptors (Lipinski definition) is 6. The summed E-state index contributed by atoms with van der Waals surface area (Å²) >= 11 is 0. The van der Waals surface area contributed by atoms with E-state index in [2.05, 4.69) is 13.8 Å². The van der Waals surface area contributed by atoms with Gasteiger partial charge in [0.2, 0.25) is 0 Å². The van der Waals surface area contributed by atoms with E-state index in [1.807, 2.05) is 0 Å². The molecule has 0 amide bonds. The molecule has 0 radical (unpaired) electrons. The van der Waals surface area contributed by atoms with Gasteiger partial charge in [0.15, 0.2) is 17.9 Å². The zero-order valence-electron chi connectivity index (χ0n) is 16.7. The van der Waals surface area contributed by atoms with Gasteiger partial charge in [0, 0.05) is 25.7 Å². The van der Waals surface area contributed by atoms with Crippen molar-refractivity contribution in [2.24, 2.45) is 0 Å². The summed E-state index contributed by atoms with van der Waals surface area (Å²) in [6.07, 6.45) is 10.1. The van der Waals surface area contributed by atoms with Crippen LogP contribution in [-0.4, -0.2) is 55.0 Å². The lowest BCUT2D eigenvalue weighted by Gasteiger charge is -2.36. The molecule has 2 spiro atoms. The quantitative estimate of drug-likeness (QED) is 0.743. The highest BCUT2D eigenvalue weighted by Crippen LogP contribution is 2.48. The molecule has 154 valence electrons. The molecule has 0 bridgehead atoms. The molecule has 27 heavy (non-hydrogen) atoms. The summed E-state index contributed by atoms with van der Waals surface area (Å²) in [6.45, 7) is 4.68. The molecule has 5 rings (SSSR count). The standard InChI is InChI=1S/C21H34O6/c1-14(2)23-17-16(15-13-22-20(25-15)9-5-3-6-10-20)24-19-18(17)26-21(27-19)11-7-4-8-12-21/h14-19H,3-13H2,1-2H3/t15-,16-,17-,18+,19-/m0/s1. The van der Waals surface area contributed by atoms with Crippen molar-refractivity contribution in [3.63, 3.8) is 0 Å². The maximum atomic E-state index is 6.49. The third-order valence-corrected chi connectivity index (χ3v) is 6.79. The van der Waals surface area contributed by atoms with Gasteiger partial charge >= 0.3 is 0 Å². The summed E-state index contributed by atoms with van der Waals surface area (Å²) in [7, 11) is 0. The first-order valence-electron chi connectivity index (χ1n) is 11.1. The smallest absolute Gasteiger partial charge is 0.190 e. The summed E-state index contributed by atoms with van der Waals surface area (Å²) < 4.78 is 38.1. The molecule has 0 aromatic rings. The van der Waals surface area contributed by atoms with Crippen LogP contribution in [0, 0.1) is 0 Å². The Balaban J connectivity index is 1.30. The van der Waals surface area contributed by atoms with E-state index in [0.29, 0.717) is 6.61 Å². The maximum Gasteiger partial charge on any atom is 0.190 e. The molecule has 5 aliphatic rings. The second-order valence-electron chi connectivity index (χ2n) is 9.23. The molecular weight excluding hydrogens is 348 g/mol. The molecule has 0 aromatic heterocycles. The van der Waals surface area contributed by atoms with E-state index >= 15 is 0 Å². The summed E-state index contributed by atoms with van der Waals surface area (Å²) in [5, 5.41) is 0. The average Bonchev–Trinajstić information content (AvgIpc) is 3.29. The van der Waals surface area contributed by atoms with Gasteiger partial charge in [-0.2, -0.15) is 0 Å². The Morgan fingerprint density at radius 2 is 1.44 bits per heavy atom. The summed E-state index contributed by atoms with van der Waals surface area (Å²) in [4.78, 5) is 0. The Labute approximate surface area is 162 Å². The average molecular weight is 382 g/mol. The maximum absolute atomic E-state index is 6.49. The van der Waals surface area contributed by atoms with Crippen molar-refractivity contribution >= 4 is 0 Å². The molecule has 6 heteroatoms. The first kappa shape index (κ1) is 18.8. The topological polar surface area (TPSA) is 55.4 Å². The lowest BCUT2D eigenvalue weighted by Crippen LogP contribution is -2.46. The van der Waals surface area contributed by atoms with E-state index in [0.717, 1.165) is 38.5 Å². The lowest BCUT2D eigenvalue weighted by atomic mass is 9.94. The van der Waals surface area contributed by atoms with Gasteiger partial charge < -0.3 is 28.4 Å². The Morgan fingerprint density at radius 1 is 0.778 bits per heavy atom. The van der Waals surface area contributed by atoms with Crippen molar-refractivity contribution in [1.29, 1.82) is 0 Å². The van der Waals surface area contributed by atoms with Crippen molar-refractivity contribution in [2.75, 3.05) is 6.61 Å². The number of hydrogen-bond donors (Lipinski definition) is 0. The second-order valence-corrected chi connectivity index (χ2v) is 9.23. The minimum absolute atomic E-state index is 0.0947. The molecule has 3 aliphatic heterocycles. The van der Waals surface area contributed by atoms with Gasteiger partial charge in [-0.05, 0) is 39.5 Å². The highest BCUT2D eigenvalue weighted by molar-refractivity contribution is 5.01. The van der Waals surface area contributed by atoms with Crippen LogP contribution in [0.3, 0.4) is 0 Å². The normalized spacial score (nSPS) is 43.0. The molecule has 5 fully saturated rings. The molecule has 0 N–H and O–H groups in total. The molecule has 3 heterocycles. The Bertz CT molecular complexity index is 525. The van der Waals surface area contributed by atoms with Gasteiger partial charge in [-0.25, -0.2) is 0 Å². The summed E-state index contributed by atoms with van der Waals surface area (Å²) in [5.74, 6) is -0.868. The molecule has 0 unspecified atom stereocenters. The fourth-order valence-corrected chi connectivity index (χ4v) is 5.54. The number of ether oxygens (including phenoxy) is 6. The van der Waals surface area contributed by atoms with Crippen LogP contribution in [0.15, 0.2) is 0 Å². The highest BCUT2D eigenvalue weighted by atomic mass is 16.9. The zero-order valence-corrected chi connectivity index (χ0v) is 16.7. The molecule has 2 saturated carbocycles. The zero-order chi connectivity index (χ0) is 18.5. The Morgan fingerprint density at radius 3 is 2.11 bits per heavy atom. The van der Waals surface area contributed by atoms with E-state index in [1.54, 1.807) is 0 Å². The Kier molecular flexibility index (Phi) is 5.02. The van der Waals surface area contributed by atoms with Crippen LogP contribution in [0.4, 0.5) is 0 Å². The first-order valence-corrected chi connectivity index (χ1v) is 11.1. The van der Waals surface area contributed by atoms with Crippen molar-refractivity contribution in [3.8, 4) is 0 Å². The van der Waals surface area contributed by atoms with Gasteiger partial charge in [-0.3, -0.25) is 0 Å². The molecule has 6 nitrogen and oxygen atoms in total. The van der Waals surface area contributed by atoms with Crippen molar-refractivity contribution < 1.29 is 28.4 Å². The van der Waals surface area contributed by atoms with Gasteiger partial charge in [0.25, 0.3) is 0 Å². The predicted molar refractivity (Wildman–Crippen MR) is 97.1 cm³/mol. The molecule has 5 atom stereocenters. The second kappa shape index (κ2) is 7.22. The molecular formula is C21H34O6. The third kappa shape index (κ3) is 3.47. The minimum atomic E-state index is -0.464. The summed E-state index contributed by atoms with van der Waals surface area (Å²) in [5.41, 5.74) is 0. The van der Waals surface area contributed by atoms with Crippen molar-refractivity contribution in [1.82, 2.24) is 0 Å². The van der Waals surface area contributed by atoms with E-state index in [1.165, 1.54) is 25.7 Å². The summed E-state index contributed by atoms with van der Waals surface area (Å²) in [6, 6.07) is 0. The largest absolute Gasteiger partial charge is 0.370 e. The van der Waals surface area contributed by atoms with Gasteiger partial charge in [0.05, 0.1) is 12.7 Å². The van der Waals surface area contributed by atoms with Crippen LogP contribution in [0.2, 0.25) is 0 Å². The molecule has 0 aromatic carbocycles. The minimum Gasteiger partial charge on any atom is -0.370 e. The Hall–Kier alpha value is -0.240.